The first-order chi connectivity index (χ1) is 9.06. The lowest BCUT2D eigenvalue weighted by atomic mass is 10.2. The highest BCUT2D eigenvalue weighted by molar-refractivity contribution is 5.56. The Kier molecular flexibility index (Phi) is 3.74. The fraction of sp³-hybridized carbons (Fsp3) is 0.333. The normalized spacial score (nSPS) is 12.1. The number of pyridine rings is 1. The molecular formula is C12H15N5O2. The van der Waals surface area contributed by atoms with Crippen molar-refractivity contribution < 1.29 is 4.92 Å². The number of nitrogens with one attached hydrogen (secondary N) is 1. The second kappa shape index (κ2) is 5.47. The molecule has 2 heterocycles. The molecule has 0 bridgehead atoms. The summed E-state index contributed by atoms with van der Waals surface area (Å²) in [5.41, 5.74) is 0.754. The fourth-order valence-electron chi connectivity index (χ4n) is 1.77. The first-order valence-corrected chi connectivity index (χ1v) is 5.91. The molecule has 100 valence electrons. The van der Waals surface area contributed by atoms with Crippen molar-refractivity contribution in [3.8, 4) is 0 Å². The van der Waals surface area contributed by atoms with Gasteiger partial charge in [0, 0.05) is 30.7 Å². The quantitative estimate of drug-likeness (QED) is 0.657. The average Bonchev–Trinajstić information content (AvgIpc) is 2.83. The highest BCUT2D eigenvalue weighted by atomic mass is 16.6. The Balaban J connectivity index is 2.12. The van der Waals surface area contributed by atoms with Gasteiger partial charge in [0.2, 0.25) is 5.82 Å². The van der Waals surface area contributed by atoms with E-state index in [0.29, 0.717) is 6.54 Å². The Morgan fingerprint density at radius 3 is 3.00 bits per heavy atom. The summed E-state index contributed by atoms with van der Waals surface area (Å²) in [5, 5.41) is 18.1. The van der Waals surface area contributed by atoms with Gasteiger partial charge >= 0.3 is 5.69 Å². The van der Waals surface area contributed by atoms with Gasteiger partial charge in [-0.3, -0.25) is 14.8 Å². The van der Waals surface area contributed by atoms with E-state index in [2.05, 4.69) is 15.4 Å². The van der Waals surface area contributed by atoms with Gasteiger partial charge in [0.05, 0.1) is 11.5 Å². The maximum absolute atomic E-state index is 11.0. The van der Waals surface area contributed by atoms with Crippen LogP contribution in [0.3, 0.4) is 0 Å². The lowest BCUT2D eigenvalue weighted by molar-refractivity contribution is -0.384. The van der Waals surface area contributed by atoms with Crippen LogP contribution >= 0.6 is 0 Å². The molecule has 0 aliphatic carbocycles. The molecule has 0 aliphatic heterocycles. The van der Waals surface area contributed by atoms with E-state index in [9.17, 15) is 10.1 Å². The number of aromatic nitrogens is 3. The van der Waals surface area contributed by atoms with Crippen LogP contribution in [0.2, 0.25) is 0 Å². The summed E-state index contributed by atoms with van der Waals surface area (Å²) in [7, 11) is 0. The van der Waals surface area contributed by atoms with Crippen LogP contribution in [0.5, 0.6) is 0 Å². The van der Waals surface area contributed by atoms with Crippen molar-refractivity contribution in [1.29, 1.82) is 0 Å². The molecule has 7 heteroatoms. The number of nitrogens with zero attached hydrogens (tertiary/aromatic N) is 4. The van der Waals surface area contributed by atoms with Crippen molar-refractivity contribution in [3.63, 3.8) is 0 Å². The van der Waals surface area contributed by atoms with Gasteiger partial charge in [-0.15, -0.1) is 0 Å². The molecule has 0 fully saturated rings. The molecule has 2 aromatic rings. The monoisotopic (exact) mass is 261 g/mol. The predicted octanol–water partition coefficient (Wildman–Crippen LogP) is 2.00. The first-order valence-electron chi connectivity index (χ1n) is 5.91. The standard InChI is InChI=1S/C12H15N5O2/c1-9-6-11(17(18)19)12(13-7-9)15-10(2)8-16-5-3-4-14-16/h3-7,10H,8H2,1-2H3,(H,13,15). The van der Waals surface area contributed by atoms with Crippen LogP contribution in [0.25, 0.3) is 0 Å². The van der Waals surface area contributed by atoms with Gasteiger partial charge in [-0.2, -0.15) is 5.10 Å². The van der Waals surface area contributed by atoms with E-state index in [0.717, 1.165) is 5.56 Å². The number of hydrogen-bond acceptors (Lipinski definition) is 5. The molecule has 0 saturated carbocycles. The average molecular weight is 261 g/mol. The molecule has 0 aromatic carbocycles. The zero-order valence-corrected chi connectivity index (χ0v) is 10.8. The van der Waals surface area contributed by atoms with Gasteiger partial charge in [-0.05, 0) is 25.5 Å². The third-order valence-electron chi connectivity index (χ3n) is 2.60. The fourth-order valence-corrected chi connectivity index (χ4v) is 1.77. The molecule has 1 N–H and O–H groups in total. The first kappa shape index (κ1) is 13.0. The molecule has 0 radical (unpaired) electrons. The summed E-state index contributed by atoms with van der Waals surface area (Å²) in [6, 6.07) is 3.32. The molecule has 2 aromatic heterocycles. The molecule has 0 saturated heterocycles. The lowest BCUT2D eigenvalue weighted by Crippen LogP contribution is -2.23. The second-order valence-corrected chi connectivity index (χ2v) is 4.41. The van der Waals surface area contributed by atoms with Crippen molar-refractivity contribution >= 4 is 11.5 Å². The van der Waals surface area contributed by atoms with E-state index >= 15 is 0 Å². The maximum Gasteiger partial charge on any atom is 0.311 e. The summed E-state index contributed by atoms with van der Waals surface area (Å²) in [6.45, 7) is 4.31. The second-order valence-electron chi connectivity index (χ2n) is 4.41. The van der Waals surface area contributed by atoms with E-state index in [1.54, 1.807) is 24.0 Å². The van der Waals surface area contributed by atoms with E-state index in [1.165, 1.54) is 6.07 Å². The summed E-state index contributed by atoms with van der Waals surface area (Å²) in [5.74, 6) is 0.287. The number of aryl methyl sites for hydroxylation is 1. The Bertz CT molecular complexity index is 568. The minimum Gasteiger partial charge on any atom is -0.360 e. The molecule has 1 atom stereocenters. The van der Waals surface area contributed by atoms with Gasteiger partial charge in [-0.1, -0.05) is 0 Å². The van der Waals surface area contributed by atoms with Gasteiger partial charge in [-0.25, -0.2) is 4.98 Å². The molecule has 2 rings (SSSR count). The third-order valence-corrected chi connectivity index (χ3v) is 2.60. The van der Waals surface area contributed by atoms with E-state index in [4.69, 9.17) is 0 Å². The van der Waals surface area contributed by atoms with E-state index in [1.807, 2.05) is 19.2 Å². The Morgan fingerprint density at radius 1 is 1.58 bits per heavy atom. The number of anilines is 1. The highest BCUT2D eigenvalue weighted by Crippen LogP contribution is 2.23. The summed E-state index contributed by atoms with van der Waals surface area (Å²) in [6.07, 6.45) is 5.14. The molecule has 0 spiro atoms. The van der Waals surface area contributed by atoms with Crippen molar-refractivity contribution in [2.75, 3.05) is 5.32 Å². The number of nitro groups is 1. The van der Waals surface area contributed by atoms with Crippen LogP contribution in [-0.4, -0.2) is 25.7 Å². The minimum atomic E-state index is -0.428. The maximum atomic E-state index is 11.0. The third kappa shape index (κ3) is 3.27. The number of hydrogen-bond donors (Lipinski definition) is 1. The van der Waals surface area contributed by atoms with Gasteiger partial charge in [0.25, 0.3) is 0 Å². The summed E-state index contributed by atoms with van der Waals surface area (Å²) >= 11 is 0. The Labute approximate surface area is 110 Å². The van der Waals surface area contributed by atoms with Crippen molar-refractivity contribution in [2.45, 2.75) is 26.4 Å². The molecule has 0 amide bonds. The minimum absolute atomic E-state index is 0.00712. The smallest absolute Gasteiger partial charge is 0.311 e. The van der Waals surface area contributed by atoms with Gasteiger partial charge in [0.15, 0.2) is 0 Å². The van der Waals surface area contributed by atoms with Crippen LogP contribution < -0.4 is 5.32 Å². The summed E-state index contributed by atoms with van der Waals surface area (Å²) in [4.78, 5) is 14.6. The number of rotatable bonds is 5. The topological polar surface area (TPSA) is 85.9 Å². The Morgan fingerprint density at radius 2 is 2.37 bits per heavy atom. The highest BCUT2D eigenvalue weighted by Gasteiger charge is 2.17. The van der Waals surface area contributed by atoms with Crippen LogP contribution in [0.1, 0.15) is 12.5 Å². The van der Waals surface area contributed by atoms with Crippen molar-refractivity contribution in [2.24, 2.45) is 0 Å². The molecule has 1 unspecified atom stereocenters. The molecular weight excluding hydrogens is 246 g/mol. The predicted molar refractivity (Wildman–Crippen MR) is 70.9 cm³/mol. The van der Waals surface area contributed by atoms with Gasteiger partial charge < -0.3 is 5.32 Å². The zero-order chi connectivity index (χ0) is 13.8. The van der Waals surface area contributed by atoms with Crippen LogP contribution in [0.15, 0.2) is 30.7 Å². The lowest BCUT2D eigenvalue weighted by Gasteiger charge is -2.14. The van der Waals surface area contributed by atoms with Crippen molar-refractivity contribution in [1.82, 2.24) is 14.8 Å². The van der Waals surface area contributed by atoms with E-state index < -0.39 is 4.92 Å². The SMILES string of the molecule is Cc1cnc(NC(C)Cn2cccn2)c([N+](=O)[O-])c1. The zero-order valence-electron chi connectivity index (χ0n) is 10.8. The molecule has 7 nitrogen and oxygen atoms in total. The van der Waals surface area contributed by atoms with Gasteiger partial charge in [0.1, 0.15) is 0 Å². The Hall–Kier alpha value is -2.44. The van der Waals surface area contributed by atoms with Crippen LogP contribution in [0, 0.1) is 17.0 Å². The summed E-state index contributed by atoms with van der Waals surface area (Å²) < 4.78 is 1.76. The largest absolute Gasteiger partial charge is 0.360 e. The van der Waals surface area contributed by atoms with Crippen LogP contribution in [-0.2, 0) is 6.54 Å². The van der Waals surface area contributed by atoms with E-state index in [-0.39, 0.29) is 17.5 Å². The molecule has 0 aliphatic rings. The van der Waals surface area contributed by atoms with Crippen LogP contribution in [0.4, 0.5) is 11.5 Å². The molecule has 19 heavy (non-hydrogen) atoms. The van der Waals surface area contributed by atoms with Crippen molar-refractivity contribution in [3.05, 3.63) is 46.4 Å².